The SMILES string of the molecule is CC1(C)CCCNC1C(=O)Nc1ccc(CC(=O)O)nc1. The Morgan fingerprint density at radius 3 is 2.81 bits per heavy atom. The highest BCUT2D eigenvalue weighted by Crippen LogP contribution is 2.30. The van der Waals surface area contributed by atoms with Crippen molar-refractivity contribution >= 4 is 17.6 Å². The number of amides is 1. The zero-order chi connectivity index (χ0) is 15.5. The van der Waals surface area contributed by atoms with Gasteiger partial charge in [-0.05, 0) is 36.9 Å². The maximum Gasteiger partial charge on any atom is 0.309 e. The number of hydrogen-bond donors (Lipinski definition) is 3. The van der Waals surface area contributed by atoms with Gasteiger partial charge in [0, 0.05) is 0 Å². The number of pyridine rings is 1. The first kappa shape index (κ1) is 15.4. The van der Waals surface area contributed by atoms with Gasteiger partial charge in [0.1, 0.15) is 0 Å². The summed E-state index contributed by atoms with van der Waals surface area (Å²) in [6.07, 6.45) is 3.45. The largest absolute Gasteiger partial charge is 0.481 e. The number of aromatic nitrogens is 1. The zero-order valence-corrected chi connectivity index (χ0v) is 12.3. The van der Waals surface area contributed by atoms with Gasteiger partial charge >= 0.3 is 5.97 Å². The van der Waals surface area contributed by atoms with Crippen molar-refractivity contribution < 1.29 is 14.7 Å². The molecule has 1 aromatic rings. The molecule has 21 heavy (non-hydrogen) atoms. The lowest BCUT2D eigenvalue weighted by Crippen LogP contribution is -2.53. The van der Waals surface area contributed by atoms with Gasteiger partial charge in [0.05, 0.1) is 30.0 Å². The fraction of sp³-hybridized carbons (Fsp3) is 0.533. The van der Waals surface area contributed by atoms with Crippen molar-refractivity contribution in [1.82, 2.24) is 10.3 Å². The summed E-state index contributed by atoms with van der Waals surface area (Å²) in [5.41, 5.74) is 0.966. The third-order valence-corrected chi connectivity index (χ3v) is 3.81. The summed E-state index contributed by atoms with van der Waals surface area (Å²) in [7, 11) is 0. The molecule has 1 unspecified atom stereocenters. The molecule has 3 N–H and O–H groups in total. The standard InChI is InChI=1S/C15H21N3O3/c1-15(2)6-3-7-16-13(15)14(21)18-11-5-4-10(17-9-11)8-12(19)20/h4-5,9,13,16H,3,6-8H2,1-2H3,(H,18,21)(H,19,20). The third kappa shape index (κ3) is 4.01. The number of anilines is 1. The van der Waals surface area contributed by atoms with Crippen LogP contribution >= 0.6 is 0 Å². The fourth-order valence-corrected chi connectivity index (χ4v) is 2.63. The van der Waals surface area contributed by atoms with Crippen molar-refractivity contribution in [2.24, 2.45) is 5.41 Å². The van der Waals surface area contributed by atoms with Gasteiger partial charge in [0.2, 0.25) is 5.91 Å². The van der Waals surface area contributed by atoms with Gasteiger partial charge in [-0.1, -0.05) is 13.8 Å². The van der Waals surface area contributed by atoms with Crippen molar-refractivity contribution in [2.75, 3.05) is 11.9 Å². The average molecular weight is 291 g/mol. The van der Waals surface area contributed by atoms with Crippen LogP contribution in [0.1, 0.15) is 32.4 Å². The average Bonchev–Trinajstić information content (AvgIpc) is 2.39. The second kappa shape index (κ2) is 6.22. The summed E-state index contributed by atoms with van der Waals surface area (Å²) in [4.78, 5) is 27.0. The lowest BCUT2D eigenvalue weighted by molar-refractivity contribution is -0.136. The summed E-state index contributed by atoms with van der Waals surface area (Å²) in [5.74, 6) is -1.00. The number of rotatable bonds is 4. The number of nitrogens with one attached hydrogen (secondary N) is 2. The molecule has 0 bridgehead atoms. The highest BCUT2D eigenvalue weighted by atomic mass is 16.4. The van der Waals surface area contributed by atoms with Gasteiger partial charge in [-0.15, -0.1) is 0 Å². The molecule has 2 rings (SSSR count). The van der Waals surface area contributed by atoms with E-state index in [9.17, 15) is 9.59 Å². The molecule has 1 aromatic heterocycles. The summed E-state index contributed by atoms with van der Waals surface area (Å²) >= 11 is 0. The first-order valence-corrected chi connectivity index (χ1v) is 7.09. The molecule has 0 saturated carbocycles. The van der Waals surface area contributed by atoms with Crippen LogP contribution in [0.2, 0.25) is 0 Å². The number of carboxylic acids is 1. The van der Waals surface area contributed by atoms with E-state index in [4.69, 9.17) is 5.11 Å². The second-order valence-electron chi connectivity index (χ2n) is 6.08. The molecule has 6 heteroatoms. The predicted molar refractivity (Wildman–Crippen MR) is 79.0 cm³/mol. The van der Waals surface area contributed by atoms with Crippen LogP contribution in [-0.2, 0) is 16.0 Å². The fourth-order valence-electron chi connectivity index (χ4n) is 2.63. The highest BCUT2D eigenvalue weighted by molar-refractivity contribution is 5.95. The lowest BCUT2D eigenvalue weighted by Gasteiger charge is -2.38. The second-order valence-corrected chi connectivity index (χ2v) is 6.08. The number of hydrogen-bond acceptors (Lipinski definition) is 4. The monoisotopic (exact) mass is 291 g/mol. The maximum atomic E-state index is 12.4. The first-order chi connectivity index (χ1) is 9.88. The van der Waals surface area contributed by atoms with E-state index < -0.39 is 5.97 Å². The number of carbonyl (C=O) groups is 2. The van der Waals surface area contributed by atoms with E-state index in [0.717, 1.165) is 19.4 Å². The van der Waals surface area contributed by atoms with Crippen molar-refractivity contribution in [2.45, 2.75) is 39.2 Å². The molecule has 0 aliphatic carbocycles. The molecule has 1 saturated heterocycles. The van der Waals surface area contributed by atoms with E-state index in [0.29, 0.717) is 11.4 Å². The molecule has 2 heterocycles. The van der Waals surface area contributed by atoms with Crippen LogP contribution < -0.4 is 10.6 Å². The van der Waals surface area contributed by atoms with E-state index in [1.165, 1.54) is 6.20 Å². The minimum atomic E-state index is -0.924. The van der Waals surface area contributed by atoms with Crippen LogP contribution in [0.5, 0.6) is 0 Å². The summed E-state index contributed by atoms with van der Waals surface area (Å²) < 4.78 is 0. The Morgan fingerprint density at radius 1 is 1.48 bits per heavy atom. The molecule has 6 nitrogen and oxygen atoms in total. The van der Waals surface area contributed by atoms with Gasteiger partial charge in [-0.25, -0.2) is 0 Å². The molecule has 0 radical (unpaired) electrons. The number of piperidine rings is 1. The quantitative estimate of drug-likeness (QED) is 0.780. The topological polar surface area (TPSA) is 91.3 Å². The Balaban J connectivity index is 2.00. The minimum Gasteiger partial charge on any atom is -0.481 e. The van der Waals surface area contributed by atoms with Crippen LogP contribution in [0.25, 0.3) is 0 Å². The molecule has 1 amide bonds. The van der Waals surface area contributed by atoms with E-state index in [1.54, 1.807) is 12.1 Å². The number of aliphatic carboxylic acids is 1. The Kier molecular flexibility index (Phi) is 4.57. The molecule has 0 aromatic carbocycles. The molecule has 1 fully saturated rings. The van der Waals surface area contributed by atoms with Crippen LogP contribution in [-0.4, -0.2) is 34.6 Å². The molecule has 1 aliphatic heterocycles. The van der Waals surface area contributed by atoms with Gasteiger partial charge in [-0.3, -0.25) is 14.6 Å². The normalized spacial score (nSPS) is 20.8. The van der Waals surface area contributed by atoms with Crippen molar-refractivity contribution in [3.63, 3.8) is 0 Å². The van der Waals surface area contributed by atoms with E-state index >= 15 is 0 Å². The van der Waals surface area contributed by atoms with E-state index in [2.05, 4.69) is 29.5 Å². The maximum absolute atomic E-state index is 12.4. The van der Waals surface area contributed by atoms with Gasteiger partial charge < -0.3 is 15.7 Å². The highest BCUT2D eigenvalue weighted by Gasteiger charge is 2.37. The molecule has 114 valence electrons. The third-order valence-electron chi connectivity index (χ3n) is 3.81. The van der Waals surface area contributed by atoms with Crippen LogP contribution in [0.4, 0.5) is 5.69 Å². The summed E-state index contributed by atoms with van der Waals surface area (Å²) in [5, 5.41) is 14.8. The number of carboxylic acid groups (broad SMARTS) is 1. The van der Waals surface area contributed by atoms with Gasteiger partial charge in [0.25, 0.3) is 0 Å². The smallest absolute Gasteiger partial charge is 0.309 e. The first-order valence-electron chi connectivity index (χ1n) is 7.09. The van der Waals surface area contributed by atoms with Gasteiger partial charge in [-0.2, -0.15) is 0 Å². The number of carbonyl (C=O) groups excluding carboxylic acids is 1. The van der Waals surface area contributed by atoms with Crippen molar-refractivity contribution in [3.8, 4) is 0 Å². The number of nitrogens with zero attached hydrogens (tertiary/aromatic N) is 1. The summed E-state index contributed by atoms with van der Waals surface area (Å²) in [6, 6.07) is 3.06. The zero-order valence-electron chi connectivity index (χ0n) is 12.3. The Morgan fingerprint density at radius 2 is 2.24 bits per heavy atom. The Labute approximate surface area is 124 Å². The van der Waals surface area contributed by atoms with Crippen LogP contribution in [0.3, 0.4) is 0 Å². The van der Waals surface area contributed by atoms with Crippen LogP contribution in [0, 0.1) is 5.41 Å². The molecular weight excluding hydrogens is 270 g/mol. The molecule has 1 atom stereocenters. The minimum absolute atomic E-state index is 0.0764. The molecule has 0 spiro atoms. The van der Waals surface area contributed by atoms with Gasteiger partial charge in [0.15, 0.2) is 0 Å². The molecular formula is C15H21N3O3. The van der Waals surface area contributed by atoms with E-state index in [1.807, 2.05) is 0 Å². The predicted octanol–water partition coefficient (Wildman–Crippen LogP) is 1.43. The van der Waals surface area contributed by atoms with Crippen molar-refractivity contribution in [3.05, 3.63) is 24.0 Å². The van der Waals surface area contributed by atoms with Crippen molar-refractivity contribution in [1.29, 1.82) is 0 Å². The Bertz CT molecular complexity index is 525. The van der Waals surface area contributed by atoms with Crippen LogP contribution in [0.15, 0.2) is 18.3 Å². The van der Waals surface area contributed by atoms with E-state index in [-0.39, 0.29) is 23.8 Å². The summed E-state index contributed by atoms with van der Waals surface area (Å²) in [6.45, 7) is 5.01. The molecule has 1 aliphatic rings. The Hall–Kier alpha value is -1.95. The lowest BCUT2D eigenvalue weighted by atomic mass is 9.77.